The number of thiophene rings is 1. The molecule has 1 atom stereocenters. The predicted molar refractivity (Wildman–Crippen MR) is 131 cm³/mol. The Balaban J connectivity index is 1.43. The normalized spacial score (nSPS) is 20.8. The number of amides is 1. The second-order valence-corrected chi connectivity index (χ2v) is 9.92. The molecule has 3 aromatic rings. The molecule has 1 saturated carbocycles. The highest BCUT2D eigenvalue weighted by molar-refractivity contribution is 7.22. The maximum atomic E-state index is 12.9. The summed E-state index contributed by atoms with van der Waals surface area (Å²) in [5.41, 5.74) is 6.48. The zero-order valence-electron chi connectivity index (χ0n) is 18.9. The van der Waals surface area contributed by atoms with Crippen LogP contribution in [0.5, 0.6) is 0 Å². The molecular formula is C24H26N4O6S. The first-order chi connectivity index (χ1) is 16.8. The lowest BCUT2D eigenvalue weighted by Crippen LogP contribution is -2.39. The van der Waals surface area contributed by atoms with E-state index in [4.69, 9.17) is 5.73 Å². The number of benzene rings is 1. The number of nitrogens with one attached hydrogen (secondary N) is 1. The zero-order valence-corrected chi connectivity index (χ0v) is 19.7. The van der Waals surface area contributed by atoms with Crippen molar-refractivity contribution in [2.45, 2.75) is 44.1 Å². The van der Waals surface area contributed by atoms with E-state index >= 15 is 0 Å². The zero-order chi connectivity index (χ0) is 25.0. The molecule has 1 amide bonds. The van der Waals surface area contributed by atoms with Crippen LogP contribution in [0.15, 0.2) is 48.8 Å². The fourth-order valence-corrected chi connectivity index (χ4v) is 5.58. The second kappa shape index (κ2) is 10.4. The van der Waals surface area contributed by atoms with Gasteiger partial charge < -0.3 is 21.0 Å². The van der Waals surface area contributed by atoms with E-state index in [0.29, 0.717) is 37.1 Å². The lowest BCUT2D eigenvalue weighted by molar-refractivity contribution is -0.769. The minimum atomic E-state index is -1.00. The van der Waals surface area contributed by atoms with Crippen molar-refractivity contribution in [2.24, 2.45) is 11.1 Å². The molecule has 4 N–H and O–H groups in total. The Morgan fingerprint density at radius 3 is 2.60 bits per heavy atom. The first-order valence-corrected chi connectivity index (χ1v) is 12.1. The van der Waals surface area contributed by atoms with Gasteiger partial charge in [-0.2, -0.15) is 0 Å². The highest BCUT2D eigenvalue weighted by atomic mass is 32.1. The van der Waals surface area contributed by atoms with Gasteiger partial charge in [-0.3, -0.25) is 14.6 Å². The fraction of sp³-hybridized carbons (Fsp3) is 0.375. The quantitative estimate of drug-likeness (QED) is 0.297. The van der Waals surface area contributed by atoms with Crippen molar-refractivity contribution >= 4 is 38.3 Å². The molecule has 0 aliphatic heterocycles. The Morgan fingerprint density at radius 1 is 1.29 bits per heavy atom. The Bertz CT molecular complexity index is 1190. The van der Waals surface area contributed by atoms with Gasteiger partial charge in [0.25, 0.3) is 5.09 Å². The van der Waals surface area contributed by atoms with Gasteiger partial charge in [-0.15, -0.1) is 21.5 Å². The van der Waals surface area contributed by atoms with Crippen LogP contribution >= 0.6 is 11.3 Å². The van der Waals surface area contributed by atoms with Gasteiger partial charge in [0.15, 0.2) is 0 Å². The molecule has 11 heteroatoms. The van der Waals surface area contributed by atoms with Gasteiger partial charge in [0.1, 0.15) is 6.10 Å². The minimum Gasteiger partial charge on any atom is -0.481 e. The number of rotatable bonds is 9. The number of carbonyl (C=O) groups is 2. The number of fused-ring (bicyclic) bond motifs is 1. The molecule has 0 radical (unpaired) electrons. The molecule has 4 rings (SSSR count). The maximum Gasteiger partial charge on any atom is 0.309 e. The Kier molecular flexibility index (Phi) is 7.27. The number of nitrogens with zero attached hydrogens (tertiary/aromatic N) is 2. The van der Waals surface area contributed by atoms with Crippen LogP contribution in [0.2, 0.25) is 0 Å². The Hall–Kier alpha value is -3.57. The van der Waals surface area contributed by atoms with Crippen LogP contribution in [0.4, 0.5) is 5.00 Å². The molecule has 1 unspecified atom stereocenters. The summed E-state index contributed by atoms with van der Waals surface area (Å²) in [6.45, 7) is 0.120. The van der Waals surface area contributed by atoms with Gasteiger partial charge in [0, 0.05) is 18.9 Å². The van der Waals surface area contributed by atoms with Gasteiger partial charge in [-0.1, -0.05) is 24.3 Å². The highest BCUT2D eigenvalue weighted by Crippen LogP contribution is 2.41. The van der Waals surface area contributed by atoms with E-state index in [-0.39, 0.29) is 12.5 Å². The Morgan fingerprint density at radius 2 is 2.00 bits per heavy atom. The SMILES string of the molecule is NCC(C(=O)Nc1cc2ccncc2s1)c1ccc(CC2(C(=O)O)CCC(O[N+](=O)[O-])CC2)cc1. The number of aromatic nitrogens is 1. The molecule has 1 aliphatic carbocycles. The highest BCUT2D eigenvalue weighted by Gasteiger charge is 2.42. The van der Waals surface area contributed by atoms with Gasteiger partial charge in [0.2, 0.25) is 5.91 Å². The fourth-order valence-electron chi connectivity index (χ4n) is 4.64. The summed E-state index contributed by atoms with van der Waals surface area (Å²) >= 11 is 1.44. The van der Waals surface area contributed by atoms with E-state index in [1.807, 2.05) is 24.3 Å². The third kappa shape index (κ3) is 5.57. The molecule has 1 aliphatic rings. The van der Waals surface area contributed by atoms with Crippen LogP contribution in [0.3, 0.4) is 0 Å². The molecule has 1 aromatic carbocycles. The third-order valence-corrected chi connectivity index (χ3v) is 7.63. The van der Waals surface area contributed by atoms with E-state index in [9.17, 15) is 24.8 Å². The maximum absolute atomic E-state index is 12.9. The van der Waals surface area contributed by atoms with E-state index < -0.39 is 28.5 Å². The van der Waals surface area contributed by atoms with Crippen LogP contribution < -0.4 is 11.1 Å². The largest absolute Gasteiger partial charge is 0.481 e. The van der Waals surface area contributed by atoms with Crippen molar-refractivity contribution in [3.05, 3.63) is 70.0 Å². The Labute approximate surface area is 205 Å². The number of nitrogens with two attached hydrogens (primary N) is 1. The smallest absolute Gasteiger partial charge is 0.309 e. The molecule has 10 nitrogen and oxygen atoms in total. The summed E-state index contributed by atoms with van der Waals surface area (Å²) in [5.74, 6) is -1.69. The van der Waals surface area contributed by atoms with Gasteiger partial charge in [-0.05, 0) is 60.7 Å². The standard InChI is InChI=1S/C24H26N4O6S/c25-13-19(22(29)27-21-11-17-7-10-26-14-20(17)35-21)16-3-1-15(2-4-16)12-24(23(30)31)8-5-18(6-9-24)34-28(32)33/h1-4,7,10-11,14,18-19H,5-6,8-9,12-13,25H2,(H,27,29)(H,30,31). The van der Waals surface area contributed by atoms with Crippen molar-refractivity contribution in [3.8, 4) is 0 Å². The molecule has 35 heavy (non-hydrogen) atoms. The summed E-state index contributed by atoms with van der Waals surface area (Å²) in [6.07, 6.45) is 4.39. The van der Waals surface area contributed by atoms with Crippen LogP contribution in [0.25, 0.3) is 10.1 Å². The van der Waals surface area contributed by atoms with Crippen LogP contribution in [0.1, 0.15) is 42.7 Å². The summed E-state index contributed by atoms with van der Waals surface area (Å²) in [7, 11) is 0. The molecular weight excluding hydrogens is 472 g/mol. The average Bonchev–Trinajstić information content (AvgIpc) is 3.24. The molecule has 0 spiro atoms. The van der Waals surface area contributed by atoms with Crippen LogP contribution in [0, 0.1) is 15.5 Å². The van der Waals surface area contributed by atoms with E-state index in [0.717, 1.165) is 21.2 Å². The minimum absolute atomic E-state index is 0.120. The molecule has 1 fully saturated rings. The van der Waals surface area contributed by atoms with Crippen LogP contribution in [-0.2, 0) is 20.8 Å². The monoisotopic (exact) mass is 498 g/mol. The number of carboxylic acids is 1. The van der Waals surface area contributed by atoms with Crippen molar-refractivity contribution < 1.29 is 24.6 Å². The topological polar surface area (TPSA) is 158 Å². The number of anilines is 1. The first-order valence-electron chi connectivity index (χ1n) is 11.3. The lowest BCUT2D eigenvalue weighted by Gasteiger charge is -2.36. The van der Waals surface area contributed by atoms with Crippen molar-refractivity contribution in [1.29, 1.82) is 0 Å². The molecule has 2 aromatic heterocycles. The molecule has 0 bridgehead atoms. The van der Waals surface area contributed by atoms with Gasteiger partial charge >= 0.3 is 5.97 Å². The number of hydrogen-bond donors (Lipinski definition) is 3. The van der Waals surface area contributed by atoms with Gasteiger partial charge in [0.05, 0.1) is 21.0 Å². The average molecular weight is 499 g/mol. The third-order valence-electron chi connectivity index (χ3n) is 6.62. The summed E-state index contributed by atoms with van der Waals surface area (Å²) < 4.78 is 0.975. The van der Waals surface area contributed by atoms with E-state index in [1.54, 1.807) is 24.5 Å². The van der Waals surface area contributed by atoms with Crippen LogP contribution in [-0.4, -0.2) is 39.7 Å². The molecule has 184 valence electrons. The number of carbonyl (C=O) groups excluding carboxylic acids is 1. The second-order valence-electron chi connectivity index (χ2n) is 8.83. The van der Waals surface area contributed by atoms with Crippen molar-refractivity contribution in [3.63, 3.8) is 0 Å². The molecule has 0 saturated heterocycles. The lowest BCUT2D eigenvalue weighted by atomic mass is 9.69. The first kappa shape index (κ1) is 24.6. The number of aliphatic carboxylic acids is 1. The number of pyridine rings is 1. The van der Waals surface area contributed by atoms with Crippen molar-refractivity contribution in [2.75, 3.05) is 11.9 Å². The van der Waals surface area contributed by atoms with E-state index in [2.05, 4.69) is 15.1 Å². The predicted octanol–water partition coefficient (Wildman–Crippen LogP) is 3.74. The number of hydrogen-bond acceptors (Lipinski definition) is 8. The molecule has 2 heterocycles. The summed E-state index contributed by atoms with van der Waals surface area (Å²) in [4.78, 5) is 44.3. The summed E-state index contributed by atoms with van der Waals surface area (Å²) in [5, 5.41) is 24.3. The summed E-state index contributed by atoms with van der Waals surface area (Å²) in [6, 6.07) is 11.0. The van der Waals surface area contributed by atoms with Crippen molar-refractivity contribution in [1.82, 2.24) is 4.98 Å². The van der Waals surface area contributed by atoms with E-state index in [1.165, 1.54) is 11.3 Å². The number of carboxylic acid groups (broad SMARTS) is 1. The van der Waals surface area contributed by atoms with Gasteiger partial charge in [-0.25, -0.2) is 0 Å².